The zero-order chi connectivity index (χ0) is 15.1. The minimum absolute atomic E-state index is 0.268. The Morgan fingerprint density at radius 3 is 2.67 bits per heavy atom. The smallest absolute Gasteiger partial charge is 0.296 e. The number of nitrogens with one attached hydrogen (secondary N) is 1. The molecule has 0 saturated carbocycles. The van der Waals surface area contributed by atoms with Crippen LogP contribution in [-0.2, 0) is 11.2 Å². The van der Waals surface area contributed by atoms with Gasteiger partial charge in [0.05, 0.1) is 0 Å². The summed E-state index contributed by atoms with van der Waals surface area (Å²) in [6, 6.07) is 13.2. The van der Waals surface area contributed by atoms with E-state index in [1.165, 1.54) is 12.1 Å². The Hall–Kier alpha value is -2.31. The predicted octanol–water partition coefficient (Wildman–Crippen LogP) is 3.19. The maximum Gasteiger partial charge on any atom is 0.296 e. The van der Waals surface area contributed by atoms with Crippen molar-refractivity contribution in [3.63, 3.8) is 0 Å². The molecule has 2 rings (SSSR count). The summed E-state index contributed by atoms with van der Waals surface area (Å²) < 4.78 is 12.7. The fourth-order valence-corrected chi connectivity index (χ4v) is 1.90. The largest absolute Gasteiger partial charge is 0.345 e. The topological polar surface area (TPSA) is 29.1 Å². The number of carbonyl (C=O) groups is 1. The Morgan fingerprint density at radius 1 is 1.19 bits per heavy atom. The third kappa shape index (κ3) is 5.29. The van der Waals surface area contributed by atoms with E-state index >= 15 is 0 Å². The summed E-state index contributed by atoms with van der Waals surface area (Å²) in [5.41, 5.74) is 1.65. The number of benzene rings is 2. The SMILES string of the molecule is O=C(C#Cc1cccc(Cl)c1)NCCc1ccc(F)cc1. The molecule has 0 aliphatic rings. The molecule has 0 bridgehead atoms. The van der Waals surface area contributed by atoms with Gasteiger partial charge in [0.1, 0.15) is 5.82 Å². The molecule has 0 unspecified atom stereocenters. The highest BCUT2D eigenvalue weighted by Gasteiger charge is 1.97. The van der Waals surface area contributed by atoms with Gasteiger partial charge in [0, 0.05) is 23.1 Å². The Bertz CT molecular complexity index is 686. The summed E-state index contributed by atoms with van der Waals surface area (Å²) in [6.45, 7) is 0.453. The van der Waals surface area contributed by atoms with Crippen LogP contribution in [0.4, 0.5) is 4.39 Å². The summed E-state index contributed by atoms with van der Waals surface area (Å²) >= 11 is 5.83. The number of halogens is 2. The lowest BCUT2D eigenvalue weighted by Gasteiger charge is -2.01. The summed E-state index contributed by atoms with van der Waals surface area (Å²) in [6.07, 6.45) is 0.630. The van der Waals surface area contributed by atoms with Crippen LogP contribution in [0.1, 0.15) is 11.1 Å². The molecule has 106 valence electrons. The first-order valence-corrected chi connectivity index (χ1v) is 6.81. The van der Waals surface area contributed by atoms with Crippen LogP contribution < -0.4 is 5.32 Å². The van der Waals surface area contributed by atoms with Crippen molar-refractivity contribution in [2.45, 2.75) is 6.42 Å². The molecule has 4 heteroatoms. The van der Waals surface area contributed by atoms with Gasteiger partial charge in [-0.15, -0.1) is 0 Å². The molecular weight excluding hydrogens is 289 g/mol. The first kappa shape index (κ1) is 15.1. The van der Waals surface area contributed by atoms with E-state index in [4.69, 9.17) is 11.6 Å². The van der Waals surface area contributed by atoms with Gasteiger partial charge in [0.25, 0.3) is 5.91 Å². The lowest BCUT2D eigenvalue weighted by Crippen LogP contribution is -2.23. The molecular formula is C17H13ClFNO. The zero-order valence-corrected chi connectivity index (χ0v) is 12.0. The van der Waals surface area contributed by atoms with Gasteiger partial charge in [-0.25, -0.2) is 4.39 Å². The van der Waals surface area contributed by atoms with Gasteiger partial charge in [0.15, 0.2) is 0 Å². The van der Waals surface area contributed by atoms with Crippen molar-refractivity contribution >= 4 is 17.5 Å². The van der Waals surface area contributed by atoms with Crippen LogP contribution in [-0.4, -0.2) is 12.5 Å². The van der Waals surface area contributed by atoms with E-state index < -0.39 is 0 Å². The average Bonchev–Trinajstić information content (AvgIpc) is 2.47. The molecule has 2 aromatic carbocycles. The molecule has 0 spiro atoms. The number of carbonyl (C=O) groups excluding carboxylic acids is 1. The molecule has 0 fully saturated rings. The van der Waals surface area contributed by atoms with E-state index in [0.29, 0.717) is 23.6 Å². The molecule has 0 aromatic heterocycles. The van der Waals surface area contributed by atoms with Crippen LogP contribution in [0.25, 0.3) is 0 Å². The summed E-state index contributed by atoms with van der Waals surface area (Å²) in [4.78, 5) is 11.6. The Kier molecular flexibility index (Phi) is 5.36. The molecule has 0 radical (unpaired) electrons. The molecule has 0 heterocycles. The quantitative estimate of drug-likeness (QED) is 0.867. The van der Waals surface area contributed by atoms with Crippen molar-refractivity contribution in [2.75, 3.05) is 6.54 Å². The third-order valence-electron chi connectivity index (χ3n) is 2.76. The fourth-order valence-electron chi connectivity index (χ4n) is 1.71. The van der Waals surface area contributed by atoms with Crippen molar-refractivity contribution in [3.8, 4) is 11.8 Å². The van der Waals surface area contributed by atoms with E-state index in [1.54, 1.807) is 36.4 Å². The van der Waals surface area contributed by atoms with Crippen LogP contribution >= 0.6 is 11.6 Å². The Labute approximate surface area is 127 Å². The molecule has 2 nitrogen and oxygen atoms in total. The van der Waals surface area contributed by atoms with Crippen molar-refractivity contribution in [2.24, 2.45) is 0 Å². The molecule has 0 aliphatic carbocycles. The summed E-state index contributed by atoms with van der Waals surface area (Å²) in [5.74, 6) is 4.63. The maximum atomic E-state index is 12.7. The molecule has 21 heavy (non-hydrogen) atoms. The number of hydrogen-bond donors (Lipinski definition) is 1. The van der Waals surface area contributed by atoms with Crippen LogP contribution in [0.15, 0.2) is 48.5 Å². The average molecular weight is 302 g/mol. The van der Waals surface area contributed by atoms with Crippen molar-refractivity contribution < 1.29 is 9.18 Å². The second-order valence-corrected chi connectivity index (χ2v) is 4.83. The normalized spacial score (nSPS) is 9.62. The monoisotopic (exact) mass is 301 g/mol. The number of hydrogen-bond acceptors (Lipinski definition) is 1. The highest BCUT2D eigenvalue weighted by molar-refractivity contribution is 6.30. The summed E-state index contributed by atoms with van der Waals surface area (Å²) in [5, 5.41) is 3.27. The zero-order valence-electron chi connectivity index (χ0n) is 11.2. The van der Waals surface area contributed by atoms with Gasteiger partial charge >= 0.3 is 0 Å². The fraction of sp³-hybridized carbons (Fsp3) is 0.118. The van der Waals surface area contributed by atoms with Crippen molar-refractivity contribution in [1.29, 1.82) is 0 Å². The van der Waals surface area contributed by atoms with Crippen molar-refractivity contribution in [3.05, 3.63) is 70.5 Å². The lowest BCUT2D eigenvalue weighted by atomic mass is 10.1. The van der Waals surface area contributed by atoms with E-state index in [2.05, 4.69) is 17.2 Å². The van der Waals surface area contributed by atoms with Gasteiger partial charge in [-0.1, -0.05) is 35.7 Å². The lowest BCUT2D eigenvalue weighted by molar-refractivity contribution is -0.115. The van der Waals surface area contributed by atoms with Crippen LogP contribution in [0.3, 0.4) is 0 Å². The van der Waals surface area contributed by atoms with Gasteiger partial charge < -0.3 is 5.32 Å². The first-order valence-electron chi connectivity index (χ1n) is 6.43. The molecule has 0 saturated heterocycles. The number of rotatable bonds is 3. The van der Waals surface area contributed by atoms with Crippen LogP contribution in [0.2, 0.25) is 5.02 Å². The van der Waals surface area contributed by atoms with E-state index in [9.17, 15) is 9.18 Å². The highest BCUT2D eigenvalue weighted by atomic mass is 35.5. The second kappa shape index (κ2) is 7.47. The Morgan fingerprint density at radius 2 is 1.95 bits per heavy atom. The van der Waals surface area contributed by atoms with Crippen LogP contribution in [0.5, 0.6) is 0 Å². The van der Waals surface area contributed by atoms with Crippen molar-refractivity contribution in [1.82, 2.24) is 5.32 Å². The standard InChI is InChI=1S/C17H13ClFNO/c18-15-3-1-2-14(12-15)6-9-17(21)20-11-10-13-4-7-16(19)8-5-13/h1-5,7-8,12H,10-11H2,(H,20,21). The molecule has 2 aromatic rings. The molecule has 0 aliphatic heterocycles. The predicted molar refractivity (Wildman–Crippen MR) is 81.4 cm³/mol. The van der Waals surface area contributed by atoms with Gasteiger partial charge in [-0.05, 0) is 42.3 Å². The highest BCUT2D eigenvalue weighted by Crippen LogP contribution is 2.09. The minimum Gasteiger partial charge on any atom is -0.345 e. The molecule has 1 amide bonds. The van der Waals surface area contributed by atoms with Crippen LogP contribution in [0, 0.1) is 17.7 Å². The van der Waals surface area contributed by atoms with Gasteiger partial charge in [0.2, 0.25) is 0 Å². The molecule has 1 N–H and O–H groups in total. The third-order valence-corrected chi connectivity index (χ3v) is 2.99. The Balaban J connectivity index is 1.81. The number of amides is 1. The molecule has 0 atom stereocenters. The van der Waals surface area contributed by atoms with Gasteiger partial charge in [-0.3, -0.25) is 4.79 Å². The van der Waals surface area contributed by atoms with E-state index in [-0.39, 0.29) is 11.7 Å². The van der Waals surface area contributed by atoms with Gasteiger partial charge in [-0.2, -0.15) is 0 Å². The second-order valence-electron chi connectivity index (χ2n) is 4.39. The minimum atomic E-state index is -0.350. The van der Waals surface area contributed by atoms with E-state index in [1.807, 2.05) is 0 Å². The van der Waals surface area contributed by atoms with E-state index in [0.717, 1.165) is 5.56 Å². The first-order chi connectivity index (χ1) is 10.1. The maximum absolute atomic E-state index is 12.7. The summed E-state index contributed by atoms with van der Waals surface area (Å²) in [7, 11) is 0.